The lowest BCUT2D eigenvalue weighted by Crippen LogP contribution is -2.39. The molecule has 0 unspecified atom stereocenters. The van der Waals surface area contributed by atoms with Crippen molar-refractivity contribution in [3.8, 4) is 0 Å². The molecule has 0 aromatic heterocycles. The van der Waals surface area contributed by atoms with E-state index in [1.807, 2.05) is 54.8 Å². The van der Waals surface area contributed by atoms with E-state index in [0.29, 0.717) is 31.7 Å². The molecule has 2 amide bonds. The third-order valence-electron chi connectivity index (χ3n) is 5.43. The molecule has 0 aliphatic carbocycles. The summed E-state index contributed by atoms with van der Waals surface area (Å²) in [5.74, 6) is 0.305. The minimum Gasteiger partial charge on any atom is -0.341 e. The van der Waals surface area contributed by atoms with Crippen molar-refractivity contribution in [1.29, 1.82) is 0 Å². The maximum absolute atomic E-state index is 12.6. The standard InChI is InChI=1S/C22H32N2O3/c1-4-18(5-2)22(27)24-14-6-13-23(15-16-24)21(26)12-11-20(25)19-9-7-17(3)8-10-19/h7-10,18H,4-6,11-16H2,1-3H3. The van der Waals surface area contributed by atoms with Crippen LogP contribution in [0.15, 0.2) is 24.3 Å². The smallest absolute Gasteiger partial charge is 0.225 e. The first-order valence-electron chi connectivity index (χ1n) is 10.1. The van der Waals surface area contributed by atoms with Crippen LogP contribution in [0.25, 0.3) is 0 Å². The van der Waals surface area contributed by atoms with E-state index in [9.17, 15) is 14.4 Å². The van der Waals surface area contributed by atoms with E-state index in [0.717, 1.165) is 24.8 Å². The lowest BCUT2D eigenvalue weighted by molar-refractivity contribution is -0.136. The van der Waals surface area contributed by atoms with E-state index in [-0.39, 0.29) is 36.4 Å². The van der Waals surface area contributed by atoms with Crippen LogP contribution in [0.5, 0.6) is 0 Å². The molecule has 1 aromatic rings. The third-order valence-corrected chi connectivity index (χ3v) is 5.43. The molecule has 0 atom stereocenters. The fourth-order valence-electron chi connectivity index (χ4n) is 3.55. The van der Waals surface area contributed by atoms with E-state index >= 15 is 0 Å². The van der Waals surface area contributed by atoms with E-state index < -0.39 is 0 Å². The average molecular weight is 373 g/mol. The Morgan fingerprint density at radius 3 is 2.11 bits per heavy atom. The summed E-state index contributed by atoms with van der Waals surface area (Å²) < 4.78 is 0. The lowest BCUT2D eigenvalue weighted by atomic mass is 10.0. The molecule has 2 rings (SSSR count). The molecule has 1 saturated heterocycles. The van der Waals surface area contributed by atoms with Crippen molar-refractivity contribution in [1.82, 2.24) is 9.80 Å². The highest BCUT2D eigenvalue weighted by molar-refractivity contribution is 5.98. The Bertz CT molecular complexity index is 650. The molecule has 27 heavy (non-hydrogen) atoms. The second kappa shape index (κ2) is 10.2. The molecule has 5 heteroatoms. The van der Waals surface area contributed by atoms with E-state index in [4.69, 9.17) is 0 Å². The van der Waals surface area contributed by atoms with Crippen molar-refractivity contribution in [3.05, 3.63) is 35.4 Å². The molecule has 1 heterocycles. The first kappa shape index (κ1) is 21.1. The summed E-state index contributed by atoms with van der Waals surface area (Å²) in [7, 11) is 0. The molecule has 1 fully saturated rings. The van der Waals surface area contributed by atoms with Crippen molar-refractivity contribution in [2.24, 2.45) is 5.92 Å². The number of aryl methyl sites for hydroxylation is 1. The van der Waals surface area contributed by atoms with Gasteiger partial charge in [-0.2, -0.15) is 0 Å². The fraction of sp³-hybridized carbons (Fsp3) is 0.591. The van der Waals surface area contributed by atoms with Crippen LogP contribution in [0.1, 0.15) is 61.9 Å². The number of carbonyl (C=O) groups is 3. The zero-order valence-electron chi connectivity index (χ0n) is 16.9. The lowest BCUT2D eigenvalue weighted by Gasteiger charge is -2.25. The van der Waals surface area contributed by atoms with Crippen molar-refractivity contribution in [3.63, 3.8) is 0 Å². The average Bonchev–Trinajstić information content (AvgIpc) is 2.93. The number of Topliss-reactive ketones (excluding diaryl/α,β-unsaturated/α-hetero) is 1. The van der Waals surface area contributed by atoms with E-state index in [2.05, 4.69) is 0 Å². The maximum Gasteiger partial charge on any atom is 0.225 e. The van der Waals surface area contributed by atoms with Crippen LogP contribution in [0.4, 0.5) is 0 Å². The number of nitrogens with zero attached hydrogens (tertiary/aromatic N) is 2. The van der Waals surface area contributed by atoms with Gasteiger partial charge in [-0.05, 0) is 26.2 Å². The Balaban J connectivity index is 1.84. The number of hydrogen-bond acceptors (Lipinski definition) is 3. The highest BCUT2D eigenvalue weighted by Gasteiger charge is 2.25. The zero-order chi connectivity index (χ0) is 19.8. The summed E-state index contributed by atoms with van der Waals surface area (Å²) in [6.45, 7) is 8.59. The Kier molecular flexibility index (Phi) is 8.01. The molecule has 1 aliphatic heterocycles. The summed E-state index contributed by atoms with van der Waals surface area (Å²) in [6, 6.07) is 7.45. The zero-order valence-corrected chi connectivity index (χ0v) is 16.9. The van der Waals surface area contributed by atoms with Crippen molar-refractivity contribution < 1.29 is 14.4 Å². The Labute approximate surface area is 162 Å². The van der Waals surface area contributed by atoms with Crippen LogP contribution in [-0.2, 0) is 9.59 Å². The summed E-state index contributed by atoms with van der Waals surface area (Å²) >= 11 is 0. The Morgan fingerprint density at radius 1 is 0.889 bits per heavy atom. The number of carbonyl (C=O) groups excluding carboxylic acids is 3. The van der Waals surface area contributed by atoms with Crippen molar-refractivity contribution in [2.75, 3.05) is 26.2 Å². The number of ketones is 1. The van der Waals surface area contributed by atoms with Gasteiger partial charge < -0.3 is 9.80 Å². The molecule has 148 valence electrons. The van der Waals surface area contributed by atoms with E-state index in [1.54, 1.807) is 0 Å². The Hall–Kier alpha value is -2.17. The van der Waals surface area contributed by atoms with Gasteiger partial charge in [0.2, 0.25) is 11.8 Å². The molecule has 0 spiro atoms. The van der Waals surface area contributed by atoms with Gasteiger partial charge in [0, 0.05) is 50.5 Å². The quantitative estimate of drug-likeness (QED) is 0.689. The molecule has 0 radical (unpaired) electrons. The van der Waals surface area contributed by atoms with Gasteiger partial charge in [0.1, 0.15) is 0 Å². The third kappa shape index (κ3) is 5.91. The molecular formula is C22H32N2O3. The summed E-state index contributed by atoms with van der Waals surface area (Å²) in [5.41, 5.74) is 1.77. The first-order valence-corrected chi connectivity index (χ1v) is 10.1. The number of rotatable bonds is 7. The summed E-state index contributed by atoms with van der Waals surface area (Å²) in [4.78, 5) is 41.1. The molecule has 1 aliphatic rings. The second-order valence-corrected chi connectivity index (χ2v) is 7.36. The van der Waals surface area contributed by atoms with Crippen molar-refractivity contribution in [2.45, 2.75) is 52.9 Å². The van der Waals surface area contributed by atoms with Crippen LogP contribution in [0.3, 0.4) is 0 Å². The normalized spacial score (nSPS) is 15.0. The maximum atomic E-state index is 12.6. The topological polar surface area (TPSA) is 57.7 Å². The van der Waals surface area contributed by atoms with Gasteiger partial charge in [-0.15, -0.1) is 0 Å². The summed E-state index contributed by atoms with van der Waals surface area (Å²) in [6.07, 6.45) is 2.97. The van der Waals surface area contributed by atoms with Gasteiger partial charge in [-0.3, -0.25) is 14.4 Å². The minimum atomic E-state index is 0.00343. The largest absolute Gasteiger partial charge is 0.341 e. The Morgan fingerprint density at radius 2 is 1.48 bits per heavy atom. The van der Waals surface area contributed by atoms with Gasteiger partial charge in [0.15, 0.2) is 5.78 Å². The van der Waals surface area contributed by atoms with Gasteiger partial charge in [-0.1, -0.05) is 43.7 Å². The van der Waals surface area contributed by atoms with Crippen molar-refractivity contribution >= 4 is 17.6 Å². The minimum absolute atomic E-state index is 0.00343. The number of benzene rings is 1. The first-order chi connectivity index (χ1) is 13.0. The van der Waals surface area contributed by atoms with Gasteiger partial charge in [-0.25, -0.2) is 0 Å². The number of amides is 2. The highest BCUT2D eigenvalue weighted by atomic mass is 16.2. The monoisotopic (exact) mass is 372 g/mol. The molecule has 5 nitrogen and oxygen atoms in total. The molecule has 1 aromatic carbocycles. The molecule has 0 saturated carbocycles. The molecular weight excluding hydrogens is 340 g/mol. The van der Waals surface area contributed by atoms with Gasteiger partial charge in [0.25, 0.3) is 0 Å². The number of hydrogen-bond donors (Lipinski definition) is 0. The second-order valence-electron chi connectivity index (χ2n) is 7.36. The van der Waals surface area contributed by atoms with E-state index in [1.165, 1.54) is 0 Å². The SMILES string of the molecule is CCC(CC)C(=O)N1CCCN(C(=O)CCC(=O)c2ccc(C)cc2)CC1. The highest BCUT2D eigenvalue weighted by Crippen LogP contribution is 2.15. The van der Waals surface area contributed by atoms with Crippen LogP contribution >= 0.6 is 0 Å². The predicted octanol–water partition coefficient (Wildman–Crippen LogP) is 3.46. The summed E-state index contributed by atoms with van der Waals surface area (Å²) in [5, 5.41) is 0. The fourth-order valence-corrected chi connectivity index (χ4v) is 3.55. The van der Waals surface area contributed by atoms with Crippen LogP contribution in [-0.4, -0.2) is 53.6 Å². The van der Waals surface area contributed by atoms with Gasteiger partial charge >= 0.3 is 0 Å². The van der Waals surface area contributed by atoms with Gasteiger partial charge in [0.05, 0.1) is 0 Å². The van der Waals surface area contributed by atoms with Crippen LogP contribution < -0.4 is 0 Å². The van der Waals surface area contributed by atoms with Crippen LogP contribution in [0, 0.1) is 12.8 Å². The van der Waals surface area contributed by atoms with Crippen LogP contribution in [0.2, 0.25) is 0 Å². The predicted molar refractivity (Wildman–Crippen MR) is 107 cm³/mol. The molecule has 0 bridgehead atoms. The molecule has 0 N–H and O–H groups in total.